The molecule has 4 nitrogen and oxygen atoms in total. The fourth-order valence-electron chi connectivity index (χ4n) is 3.62. The maximum atomic E-state index is 13.3. The van der Waals surface area contributed by atoms with Crippen molar-refractivity contribution in [1.29, 1.82) is 0 Å². The number of pyridine rings is 1. The zero-order valence-electron chi connectivity index (χ0n) is 14.6. The molecule has 0 aliphatic carbocycles. The first-order valence-corrected chi connectivity index (χ1v) is 8.99. The molecule has 1 atom stereocenters. The van der Waals surface area contributed by atoms with E-state index in [9.17, 15) is 4.39 Å². The molecule has 0 saturated carbocycles. The predicted octanol–water partition coefficient (Wildman–Crippen LogP) is 4.06. The van der Waals surface area contributed by atoms with Crippen LogP contribution in [0.3, 0.4) is 0 Å². The number of benzene rings is 1. The van der Waals surface area contributed by atoms with Crippen LogP contribution in [0.4, 0.5) is 4.39 Å². The van der Waals surface area contributed by atoms with E-state index in [1.54, 1.807) is 24.5 Å². The Bertz CT molecular complexity index is 851. The van der Waals surface area contributed by atoms with Crippen molar-refractivity contribution in [3.8, 4) is 11.3 Å². The molecule has 4 rings (SSSR count). The highest BCUT2D eigenvalue weighted by molar-refractivity contribution is 5.62. The van der Waals surface area contributed by atoms with Crippen LogP contribution in [0.1, 0.15) is 30.1 Å². The van der Waals surface area contributed by atoms with Gasteiger partial charge in [0.05, 0.1) is 17.1 Å². The van der Waals surface area contributed by atoms with Crippen molar-refractivity contribution in [3.63, 3.8) is 0 Å². The van der Waals surface area contributed by atoms with Crippen molar-refractivity contribution in [2.45, 2.75) is 25.3 Å². The molecule has 1 aromatic carbocycles. The van der Waals surface area contributed by atoms with Gasteiger partial charge in [-0.05, 0) is 55.8 Å². The van der Waals surface area contributed by atoms with Crippen LogP contribution in [0.2, 0.25) is 0 Å². The second kappa shape index (κ2) is 7.70. The van der Waals surface area contributed by atoms with Gasteiger partial charge >= 0.3 is 0 Å². The molecule has 1 fully saturated rings. The van der Waals surface area contributed by atoms with Crippen molar-refractivity contribution in [2.75, 3.05) is 13.1 Å². The van der Waals surface area contributed by atoms with Crippen LogP contribution >= 0.6 is 0 Å². The fourth-order valence-corrected chi connectivity index (χ4v) is 3.62. The van der Waals surface area contributed by atoms with Crippen molar-refractivity contribution in [3.05, 3.63) is 78.3 Å². The summed E-state index contributed by atoms with van der Waals surface area (Å²) in [7, 11) is 0. The Balaban J connectivity index is 1.56. The summed E-state index contributed by atoms with van der Waals surface area (Å²) in [5, 5.41) is 0. The third-order valence-electron chi connectivity index (χ3n) is 4.85. The smallest absolute Gasteiger partial charge is 0.123 e. The summed E-state index contributed by atoms with van der Waals surface area (Å²) in [5.41, 5.74) is 3.87. The molecule has 0 bridgehead atoms. The highest BCUT2D eigenvalue weighted by Gasteiger charge is 2.25. The quantitative estimate of drug-likeness (QED) is 0.713. The van der Waals surface area contributed by atoms with E-state index in [2.05, 4.69) is 25.9 Å². The average Bonchev–Trinajstić information content (AvgIpc) is 2.70. The number of nitrogens with zero attached hydrogens (tertiary/aromatic N) is 4. The number of aromatic nitrogens is 3. The van der Waals surface area contributed by atoms with Crippen LogP contribution in [-0.2, 0) is 6.54 Å². The lowest BCUT2D eigenvalue weighted by molar-refractivity contribution is 0.196. The average molecular weight is 348 g/mol. The molecule has 132 valence electrons. The van der Waals surface area contributed by atoms with Crippen LogP contribution < -0.4 is 0 Å². The molecule has 5 heteroatoms. The third-order valence-corrected chi connectivity index (χ3v) is 4.85. The SMILES string of the molecule is Fc1ccc(-c2nccnc2[C@@H]2CCCN(Cc3ccccn3)C2)cc1. The summed E-state index contributed by atoms with van der Waals surface area (Å²) < 4.78 is 13.3. The maximum Gasteiger partial charge on any atom is 0.123 e. The van der Waals surface area contributed by atoms with Gasteiger partial charge in [-0.1, -0.05) is 6.07 Å². The molecular weight excluding hydrogens is 327 g/mol. The van der Waals surface area contributed by atoms with E-state index in [1.807, 2.05) is 18.3 Å². The summed E-state index contributed by atoms with van der Waals surface area (Å²) in [6.07, 6.45) is 7.51. The normalized spacial score (nSPS) is 18.0. The van der Waals surface area contributed by atoms with Gasteiger partial charge in [0, 0.05) is 43.2 Å². The lowest BCUT2D eigenvalue weighted by Gasteiger charge is -2.32. The first kappa shape index (κ1) is 16.8. The summed E-state index contributed by atoms with van der Waals surface area (Å²) in [6.45, 7) is 2.85. The number of likely N-dealkylation sites (tertiary alicyclic amines) is 1. The van der Waals surface area contributed by atoms with Crippen LogP contribution in [0.5, 0.6) is 0 Å². The van der Waals surface area contributed by atoms with E-state index < -0.39 is 0 Å². The van der Waals surface area contributed by atoms with Gasteiger partial charge in [-0.15, -0.1) is 0 Å². The van der Waals surface area contributed by atoms with E-state index in [1.165, 1.54) is 12.1 Å². The number of piperidine rings is 1. The van der Waals surface area contributed by atoms with E-state index in [4.69, 9.17) is 0 Å². The van der Waals surface area contributed by atoms with E-state index in [0.717, 1.165) is 55.1 Å². The van der Waals surface area contributed by atoms with Crippen molar-refractivity contribution in [1.82, 2.24) is 19.9 Å². The van der Waals surface area contributed by atoms with E-state index in [-0.39, 0.29) is 5.82 Å². The number of hydrogen-bond acceptors (Lipinski definition) is 4. The van der Waals surface area contributed by atoms with Gasteiger partial charge < -0.3 is 0 Å². The molecule has 0 unspecified atom stereocenters. The Morgan fingerprint density at radius 2 is 1.81 bits per heavy atom. The van der Waals surface area contributed by atoms with Gasteiger partial charge in [-0.25, -0.2) is 4.39 Å². The lowest BCUT2D eigenvalue weighted by atomic mass is 9.91. The van der Waals surface area contributed by atoms with Crippen molar-refractivity contribution >= 4 is 0 Å². The van der Waals surface area contributed by atoms with Gasteiger partial charge in [0.15, 0.2) is 0 Å². The van der Waals surface area contributed by atoms with Gasteiger partial charge in [0.25, 0.3) is 0 Å². The monoisotopic (exact) mass is 348 g/mol. The lowest BCUT2D eigenvalue weighted by Crippen LogP contribution is -2.34. The third kappa shape index (κ3) is 3.78. The van der Waals surface area contributed by atoms with Crippen molar-refractivity contribution in [2.24, 2.45) is 0 Å². The molecule has 2 aromatic heterocycles. The molecule has 1 aliphatic heterocycles. The largest absolute Gasteiger partial charge is 0.297 e. The fraction of sp³-hybridized carbons (Fsp3) is 0.286. The first-order chi connectivity index (χ1) is 12.8. The maximum absolute atomic E-state index is 13.3. The molecule has 0 N–H and O–H groups in total. The van der Waals surface area contributed by atoms with Crippen LogP contribution in [0.25, 0.3) is 11.3 Å². The second-order valence-corrected chi connectivity index (χ2v) is 6.69. The molecule has 0 radical (unpaired) electrons. The minimum Gasteiger partial charge on any atom is -0.297 e. The van der Waals surface area contributed by atoms with E-state index in [0.29, 0.717) is 5.92 Å². The van der Waals surface area contributed by atoms with Crippen LogP contribution in [0, 0.1) is 5.82 Å². The Hall–Kier alpha value is -2.66. The van der Waals surface area contributed by atoms with Gasteiger partial charge in [-0.2, -0.15) is 0 Å². The second-order valence-electron chi connectivity index (χ2n) is 6.69. The molecule has 0 amide bonds. The summed E-state index contributed by atoms with van der Waals surface area (Å²) >= 11 is 0. The first-order valence-electron chi connectivity index (χ1n) is 8.99. The summed E-state index contributed by atoms with van der Waals surface area (Å²) in [5.74, 6) is 0.0830. The molecule has 1 saturated heterocycles. The zero-order valence-corrected chi connectivity index (χ0v) is 14.6. The molecule has 3 heterocycles. The topological polar surface area (TPSA) is 41.9 Å². The molecule has 0 spiro atoms. The Labute approximate surface area is 152 Å². The summed E-state index contributed by atoms with van der Waals surface area (Å²) in [6, 6.07) is 12.5. The minimum atomic E-state index is -0.238. The molecule has 1 aliphatic rings. The number of rotatable bonds is 4. The zero-order chi connectivity index (χ0) is 17.8. The molecule has 3 aromatic rings. The summed E-state index contributed by atoms with van der Waals surface area (Å²) in [4.78, 5) is 16.1. The number of halogens is 1. The minimum absolute atomic E-state index is 0.238. The highest BCUT2D eigenvalue weighted by Crippen LogP contribution is 2.32. The Morgan fingerprint density at radius 3 is 2.62 bits per heavy atom. The Morgan fingerprint density at radius 1 is 0.962 bits per heavy atom. The predicted molar refractivity (Wildman–Crippen MR) is 98.9 cm³/mol. The molecule has 26 heavy (non-hydrogen) atoms. The van der Waals surface area contributed by atoms with Gasteiger partial charge in [0.1, 0.15) is 5.82 Å². The standard InChI is InChI=1S/C21H21FN4/c22-18-8-6-16(7-9-18)20-21(25-12-11-24-20)17-4-3-13-26(14-17)15-19-5-1-2-10-23-19/h1-2,5-12,17H,3-4,13-15H2/t17-/m1/s1. The highest BCUT2D eigenvalue weighted by atomic mass is 19.1. The Kier molecular flexibility index (Phi) is 4.97. The van der Waals surface area contributed by atoms with Gasteiger partial charge in [0.2, 0.25) is 0 Å². The van der Waals surface area contributed by atoms with E-state index >= 15 is 0 Å². The van der Waals surface area contributed by atoms with Gasteiger partial charge in [-0.3, -0.25) is 19.9 Å². The molecular formula is C21H21FN4. The van der Waals surface area contributed by atoms with Crippen molar-refractivity contribution < 1.29 is 4.39 Å². The number of hydrogen-bond donors (Lipinski definition) is 0. The van der Waals surface area contributed by atoms with Crippen LogP contribution in [0.15, 0.2) is 61.1 Å². The van der Waals surface area contributed by atoms with Crippen LogP contribution in [-0.4, -0.2) is 32.9 Å².